The van der Waals surface area contributed by atoms with Crippen LogP contribution in [0.5, 0.6) is 0 Å². The first kappa shape index (κ1) is 19.2. The molecule has 0 bridgehead atoms. The number of amides is 1. The fraction of sp³-hybridized carbons (Fsp3) is 0.889. The van der Waals surface area contributed by atoms with Crippen molar-refractivity contribution in [3.05, 3.63) is 0 Å². The predicted octanol–water partition coefficient (Wildman–Crippen LogP) is 2.20. The Morgan fingerprint density at radius 1 is 1.04 bits per heavy atom. The maximum absolute atomic E-state index is 12.6. The van der Waals surface area contributed by atoms with Crippen molar-refractivity contribution in [2.45, 2.75) is 77.0 Å². The van der Waals surface area contributed by atoms with Crippen molar-refractivity contribution in [3.8, 4) is 0 Å². The van der Waals surface area contributed by atoms with Crippen molar-refractivity contribution in [1.82, 2.24) is 5.32 Å². The Hall–Kier alpha value is -1.14. The molecule has 2 fully saturated rings. The van der Waals surface area contributed by atoms with Gasteiger partial charge in [0.1, 0.15) is 0 Å². The number of nitrogens with one attached hydrogen (secondary N) is 1. The van der Waals surface area contributed by atoms with Crippen LogP contribution in [0.15, 0.2) is 0 Å². The molecule has 138 valence electrons. The van der Waals surface area contributed by atoms with E-state index in [1.54, 1.807) is 0 Å². The summed E-state index contributed by atoms with van der Waals surface area (Å²) in [5.41, 5.74) is 0. The van der Waals surface area contributed by atoms with E-state index in [9.17, 15) is 9.59 Å². The second-order valence-electron chi connectivity index (χ2n) is 7.09. The molecule has 1 heterocycles. The van der Waals surface area contributed by atoms with Gasteiger partial charge in [0, 0.05) is 6.04 Å². The highest BCUT2D eigenvalue weighted by molar-refractivity contribution is 5.85. The van der Waals surface area contributed by atoms with Crippen molar-refractivity contribution in [2.24, 2.45) is 5.92 Å². The maximum Gasteiger partial charge on any atom is 0.338 e. The quantitative estimate of drug-likeness (QED) is 0.776. The monoisotopic (exact) mass is 341 g/mol. The third kappa shape index (κ3) is 6.06. The van der Waals surface area contributed by atoms with Gasteiger partial charge in [-0.25, -0.2) is 4.79 Å². The van der Waals surface area contributed by atoms with Crippen molar-refractivity contribution in [2.75, 3.05) is 19.8 Å². The van der Waals surface area contributed by atoms with E-state index in [2.05, 4.69) is 5.32 Å². The highest BCUT2D eigenvalue weighted by Crippen LogP contribution is 2.18. The average molecular weight is 341 g/mol. The van der Waals surface area contributed by atoms with Gasteiger partial charge < -0.3 is 19.5 Å². The zero-order chi connectivity index (χ0) is 17.4. The summed E-state index contributed by atoms with van der Waals surface area (Å²) in [6, 6.07) is 0.187. The minimum Gasteiger partial charge on any atom is -0.450 e. The van der Waals surface area contributed by atoms with Gasteiger partial charge in [0.25, 0.3) is 5.91 Å². The molecule has 1 aliphatic heterocycles. The van der Waals surface area contributed by atoms with Crippen molar-refractivity contribution >= 4 is 11.9 Å². The van der Waals surface area contributed by atoms with Gasteiger partial charge in [-0.3, -0.25) is 4.79 Å². The Morgan fingerprint density at radius 3 is 2.29 bits per heavy atom. The lowest BCUT2D eigenvalue weighted by molar-refractivity contribution is -0.180. The van der Waals surface area contributed by atoms with Crippen LogP contribution in [0.4, 0.5) is 0 Å². The van der Waals surface area contributed by atoms with Gasteiger partial charge in [0.05, 0.1) is 19.8 Å². The van der Waals surface area contributed by atoms with Gasteiger partial charge in [-0.2, -0.15) is 0 Å². The number of carbonyl (C=O) groups is 2. The normalized spacial score (nSPS) is 24.7. The minimum absolute atomic E-state index is 0.0907. The lowest BCUT2D eigenvalue weighted by atomic mass is 9.96. The molecule has 6 nitrogen and oxygen atoms in total. The second kappa shape index (κ2) is 9.99. The van der Waals surface area contributed by atoms with Gasteiger partial charge in [-0.15, -0.1) is 0 Å². The zero-order valence-corrected chi connectivity index (χ0v) is 14.9. The molecule has 1 aliphatic carbocycles. The molecule has 6 heteroatoms. The lowest BCUT2D eigenvalue weighted by Gasteiger charge is -2.28. The molecular formula is C18H31NO5. The fourth-order valence-corrected chi connectivity index (χ4v) is 3.20. The number of hydrogen-bond donors (Lipinski definition) is 1. The van der Waals surface area contributed by atoms with E-state index in [1.807, 2.05) is 13.8 Å². The summed E-state index contributed by atoms with van der Waals surface area (Å²) in [7, 11) is 0. The summed E-state index contributed by atoms with van der Waals surface area (Å²) in [5, 5.41) is 3.09. The lowest BCUT2D eigenvalue weighted by Crippen LogP contribution is -2.48. The first-order valence-electron chi connectivity index (χ1n) is 9.28. The minimum atomic E-state index is -0.784. The van der Waals surface area contributed by atoms with Crippen LogP contribution in [-0.4, -0.2) is 49.9 Å². The van der Waals surface area contributed by atoms with E-state index in [-0.39, 0.29) is 24.5 Å². The molecule has 0 aromatic carbocycles. The molecule has 0 aromatic heterocycles. The Balaban J connectivity index is 1.87. The van der Waals surface area contributed by atoms with Crippen LogP contribution in [0.1, 0.15) is 58.8 Å². The smallest absolute Gasteiger partial charge is 0.338 e. The number of rotatable bonds is 5. The Bertz CT molecular complexity index is 398. The SMILES string of the molecule is CC(C)[C@@H](OC(=O)[C@H]1COCCO1)C(=O)NC1CCCCCCC1. The standard InChI is InChI=1S/C18H31NO5/c1-13(2)16(24-18(21)15-12-22-10-11-23-15)17(20)19-14-8-6-4-3-5-7-9-14/h13-16H,3-12H2,1-2H3,(H,19,20)/t15-,16-/m1/s1. The Morgan fingerprint density at radius 2 is 1.71 bits per heavy atom. The number of carbonyl (C=O) groups excluding carboxylic acids is 2. The Labute approximate surface area is 144 Å². The van der Waals surface area contributed by atoms with E-state index >= 15 is 0 Å². The molecular weight excluding hydrogens is 310 g/mol. The molecule has 2 atom stereocenters. The molecule has 1 N–H and O–H groups in total. The number of ether oxygens (including phenoxy) is 3. The largest absolute Gasteiger partial charge is 0.450 e. The van der Waals surface area contributed by atoms with E-state index in [0.29, 0.717) is 13.2 Å². The van der Waals surface area contributed by atoms with E-state index in [4.69, 9.17) is 14.2 Å². The fourth-order valence-electron chi connectivity index (χ4n) is 3.20. The van der Waals surface area contributed by atoms with Crippen molar-refractivity contribution < 1.29 is 23.8 Å². The van der Waals surface area contributed by atoms with Crippen LogP contribution < -0.4 is 5.32 Å². The zero-order valence-electron chi connectivity index (χ0n) is 14.9. The number of esters is 1. The highest BCUT2D eigenvalue weighted by Gasteiger charge is 2.32. The maximum atomic E-state index is 12.6. The summed E-state index contributed by atoms with van der Waals surface area (Å²) < 4.78 is 16.0. The molecule has 0 unspecified atom stereocenters. The molecule has 1 amide bonds. The van der Waals surface area contributed by atoms with Crippen molar-refractivity contribution in [1.29, 1.82) is 0 Å². The van der Waals surface area contributed by atoms with Crippen molar-refractivity contribution in [3.63, 3.8) is 0 Å². The van der Waals surface area contributed by atoms with Crippen LogP contribution in [0.25, 0.3) is 0 Å². The molecule has 0 radical (unpaired) electrons. The van der Waals surface area contributed by atoms with Crippen LogP contribution in [-0.2, 0) is 23.8 Å². The summed E-state index contributed by atoms with van der Waals surface area (Å²) in [6.45, 7) is 4.82. The Kier molecular flexibility index (Phi) is 7.99. The molecule has 0 aromatic rings. The summed E-state index contributed by atoms with van der Waals surface area (Å²) in [5.74, 6) is -0.797. The van der Waals surface area contributed by atoms with E-state index in [1.165, 1.54) is 19.3 Å². The van der Waals surface area contributed by atoms with Gasteiger partial charge in [0.15, 0.2) is 12.2 Å². The van der Waals surface area contributed by atoms with Crippen LogP contribution >= 0.6 is 0 Å². The predicted molar refractivity (Wildman–Crippen MR) is 89.5 cm³/mol. The first-order valence-corrected chi connectivity index (χ1v) is 9.28. The second-order valence-corrected chi connectivity index (χ2v) is 7.09. The van der Waals surface area contributed by atoms with Gasteiger partial charge >= 0.3 is 5.97 Å². The topological polar surface area (TPSA) is 73.9 Å². The molecule has 24 heavy (non-hydrogen) atoms. The average Bonchev–Trinajstić information content (AvgIpc) is 2.55. The molecule has 2 rings (SSSR count). The molecule has 2 aliphatic rings. The van der Waals surface area contributed by atoms with Gasteiger partial charge in [-0.05, 0) is 18.8 Å². The number of hydrogen-bond acceptors (Lipinski definition) is 5. The van der Waals surface area contributed by atoms with Crippen LogP contribution in [0.3, 0.4) is 0 Å². The molecule has 1 saturated carbocycles. The molecule has 0 spiro atoms. The highest BCUT2D eigenvalue weighted by atomic mass is 16.6. The van der Waals surface area contributed by atoms with Crippen LogP contribution in [0, 0.1) is 5.92 Å². The first-order chi connectivity index (χ1) is 11.6. The summed E-state index contributed by atoms with van der Waals surface area (Å²) in [4.78, 5) is 24.8. The third-order valence-corrected chi connectivity index (χ3v) is 4.64. The summed E-state index contributed by atoms with van der Waals surface area (Å²) in [6.07, 6.45) is 6.53. The van der Waals surface area contributed by atoms with Gasteiger partial charge in [-0.1, -0.05) is 46.0 Å². The van der Waals surface area contributed by atoms with E-state index < -0.39 is 18.2 Å². The van der Waals surface area contributed by atoms with Crippen LogP contribution in [0.2, 0.25) is 0 Å². The summed E-state index contributed by atoms with van der Waals surface area (Å²) >= 11 is 0. The van der Waals surface area contributed by atoms with Gasteiger partial charge in [0.2, 0.25) is 0 Å². The third-order valence-electron chi connectivity index (χ3n) is 4.64. The van der Waals surface area contributed by atoms with E-state index in [0.717, 1.165) is 25.7 Å². The molecule has 1 saturated heterocycles.